The van der Waals surface area contributed by atoms with Crippen LogP contribution >= 0.6 is 0 Å². The molecule has 2 heteroatoms. The molecule has 0 aromatic heterocycles. The molecule has 0 bridgehead atoms. The molecule has 0 saturated carbocycles. The van der Waals surface area contributed by atoms with E-state index >= 15 is 0 Å². The fourth-order valence-electron chi connectivity index (χ4n) is 0.453. The van der Waals surface area contributed by atoms with Crippen molar-refractivity contribution in [2.75, 3.05) is 5.73 Å². The molecule has 0 amide bonds. The van der Waals surface area contributed by atoms with Crippen LogP contribution < -0.4 is 5.73 Å². The first-order valence-corrected chi connectivity index (χ1v) is 2.20. The molecular formula is C6H7CaN. The van der Waals surface area contributed by atoms with E-state index in [-0.39, 0.29) is 37.7 Å². The summed E-state index contributed by atoms with van der Waals surface area (Å²) in [6, 6.07) is 9.49. The summed E-state index contributed by atoms with van der Waals surface area (Å²) in [5.74, 6) is 0. The maximum absolute atomic E-state index is 5.36. The van der Waals surface area contributed by atoms with Crippen LogP contribution in [-0.4, -0.2) is 37.7 Å². The van der Waals surface area contributed by atoms with Gasteiger partial charge >= 0.3 is 0 Å². The zero-order valence-corrected chi connectivity index (χ0v) is 6.88. The number of anilines is 1. The summed E-state index contributed by atoms with van der Waals surface area (Å²) in [7, 11) is 0. The van der Waals surface area contributed by atoms with Gasteiger partial charge in [0.1, 0.15) is 0 Å². The minimum absolute atomic E-state index is 0. The van der Waals surface area contributed by atoms with Crippen LogP contribution in [0, 0.1) is 0 Å². The quantitative estimate of drug-likeness (QED) is 0.413. The van der Waals surface area contributed by atoms with Gasteiger partial charge < -0.3 is 5.73 Å². The van der Waals surface area contributed by atoms with E-state index in [0.29, 0.717) is 0 Å². The van der Waals surface area contributed by atoms with Crippen molar-refractivity contribution >= 4 is 43.4 Å². The van der Waals surface area contributed by atoms with Crippen molar-refractivity contribution < 1.29 is 0 Å². The van der Waals surface area contributed by atoms with Crippen molar-refractivity contribution in [3.05, 3.63) is 30.3 Å². The Bertz CT molecular complexity index is 138. The van der Waals surface area contributed by atoms with E-state index in [9.17, 15) is 0 Å². The van der Waals surface area contributed by atoms with Gasteiger partial charge in [0.2, 0.25) is 0 Å². The summed E-state index contributed by atoms with van der Waals surface area (Å²) >= 11 is 0. The first kappa shape index (κ1) is 8.28. The Morgan fingerprint density at radius 2 is 1.50 bits per heavy atom. The normalized spacial score (nSPS) is 7.50. The van der Waals surface area contributed by atoms with Gasteiger partial charge in [-0.25, -0.2) is 0 Å². The first-order chi connectivity index (χ1) is 3.39. The van der Waals surface area contributed by atoms with Crippen LogP contribution in [0.4, 0.5) is 5.69 Å². The monoisotopic (exact) mass is 133 g/mol. The maximum atomic E-state index is 5.36. The molecule has 1 rings (SSSR count). The van der Waals surface area contributed by atoms with Gasteiger partial charge in [-0.15, -0.1) is 0 Å². The van der Waals surface area contributed by atoms with E-state index in [1.807, 2.05) is 30.3 Å². The minimum Gasteiger partial charge on any atom is -0.399 e. The molecule has 2 radical (unpaired) electrons. The zero-order valence-electron chi connectivity index (χ0n) is 4.67. The van der Waals surface area contributed by atoms with Gasteiger partial charge in [-0.05, 0) is 12.1 Å². The second-order valence-electron chi connectivity index (χ2n) is 1.41. The third-order valence-corrected chi connectivity index (χ3v) is 0.800. The van der Waals surface area contributed by atoms with Crippen molar-refractivity contribution in [1.29, 1.82) is 0 Å². The molecule has 0 heterocycles. The van der Waals surface area contributed by atoms with E-state index in [4.69, 9.17) is 5.73 Å². The number of rotatable bonds is 0. The average Bonchev–Trinajstić information content (AvgIpc) is 1.69. The van der Waals surface area contributed by atoms with Gasteiger partial charge in [-0.3, -0.25) is 0 Å². The largest absolute Gasteiger partial charge is 0.399 e. The van der Waals surface area contributed by atoms with Crippen molar-refractivity contribution in [2.24, 2.45) is 0 Å². The number of nitrogen functional groups attached to an aromatic ring is 1. The summed E-state index contributed by atoms with van der Waals surface area (Å²) in [5, 5.41) is 0. The van der Waals surface area contributed by atoms with E-state index < -0.39 is 0 Å². The first-order valence-electron chi connectivity index (χ1n) is 2.20. The van der Waals surface area contributed by atoms with Crippen LogP contribution in [0.2, 0.25) is 0 Å². The van der Waals surface area contributed by atoms with Crippen LogP contribution in [0.25, 0.3) is 0 Å². The molecule has 0 saturated heterocycles. The van der Waals surface area contributed by atoms with E-state index in [1.54, 1.807) is 0 Å². The van der Waals surface area contributed by atoms with Gasteiger partial charge in [0, 0.05) is 43.4 Å². The second kappa shape index (κ2) is 4.19. The molecule has 0 aliphatic heterocycles. The van der Waals surface area contributed by atoms with Crippen LogP contribution in [0.5, 0.6) is 0 Å². The predicted molar refractivity (Wildman–Crippen MR) is 36.6 cm³/mol. The summed E-state index contributed by atoms with van der Waals surface area (Å²) in [5.41, 5.74) is 6.18. The van der Waals surface area contributed by atoms with Crippen molar-refractivity contribution in [1.82, 2.24) is 0 Å². The zero-order chi connectivity index (χ0) is 5.11. The Kier molecular flexibility index (Phi) is 4.33. The van der Waals surface area contributed by atoms with Crippen molar-refractivity contribution in [3.63, 3.8) is 0 Å². The predicted octanol–water partition coefficient (Wildman–Crippen LogP) is 0.888. The smallest absolute Gasteiger partial charge is 0.0313 e. The fraction of sp³-hybridized carbons (Fsp3) is 0. The summed E-state index contributed by atoms with van der Waals surface area (Å²) in [4.78, 5) is 0. The van der Waals surface area contributed by atoms with Crippen molar-refractivity contribution in [2.45, 2.75) is 0 Å². The summed E-state index contributed by atoms with van der Waals surface area (Å²) < 4.78 is 0. The molecule has 8 heavy (non-hydrogen) atoms. The third-order valence-electron chi connectivity index (χ3n) is 0.800. The van der Waals surface area contributed by atoms with Gasteiger partial charge in [0.05, 0.1) is 0 Å². The topological polar surface area (TPSA) is 26.0 Å². The molecule has 0 aliphatic rings. The number of nitrogens with two attached hydrogens (primary N) is 1. The van der Waals surface area contributed by atoms with Crippen LogP contribution in [0.1, 0.15) is 0 Å². The van der Waals surface area contributed by atoms with Crippen LogP contribution in [-0.2, 0) is 0 Å². The number of hydrogen-bond donors (Lipinski definition) is 1. The van der Waals surface area contributed by atoms with Crippen LogP contribution in [0.3, 0.4) is 0 Å². The summed E-state index contributed by atoms with van der Waals surface area (Å²) in [6.07, 6.45) is 0. The van der Waals surface area contributed by atoms with Gasteiger partial charge in [-0.1, -0.05) is 18.2 Å². The number of para-hydroxylation sites is 1. The molecule has 0 atom stereocenters. The Balaban J connectivity index is 0.000000490. The van der Waals surface area contributed by atoms with E-state index in [0.717, 1.165) is 5.69 Å². The van der Waals surface area contributed by atoms with Crippen LogP contribution in [0.15, 0.2) is 30.3 Å². The van der Waals surface area contributed by atoms with Crippen molar-refractivity contribution in [3.8, 4) is 0 Å². The summed E-state index contributed by atoms with van der Waals surface area (Å²) in [6.45, 7) is 0. The Labute approximate surface area is 78.9 Å². The molecule has 1 aromatic carbocycles. The fourth-order valence-corrected chi connectivity index (χ4v) is 0.453. The SMILES string of the molecule is Nc1ccccc1.[Ca]. The molecule has 0 unspecified atom stereocenters. The molecule has 0 aliphatic carbocycles. The minimum atomic E-state index is 0. The van der Waals surface area contributed by atoms with Gasteiger partial charge in [-0.2, -0.15) is 0 Å². The van der Waals surface area contributed by atoms with E-state index in [1.165, 1.54) is 0 Å². The second-order valence-corrected chi connectivity index (χ2v) is 1.41. The molecule has 1 nitrogen and oxygen atoms in total. The Morgan fingerprint density at radius 1 is 1.00 bits per heavy atom. The van der Waals surface area contributed by atoms with E-state index in [2.05, 4.69) is 0 Å². The molecule has 2 N–H and O–H groups in total. The number of hydrogen-bond acceptors (Lipinski definition) is 1. The molecule has 1 aromatic rings. The average molecular weight is 133 g/mol. The molecule has 0 spiro atoms. The van der Waals surface area contributed by atoms with Gasteiger partial charge in [0.25, 0.3) is 0 Å². The molecular weight excluding hydrogens is 126 g/mol. The Hall–Kier alpha value is 0.280. The standard InChI is InChI=1S/C6H7N.Ca/c7-6-4-2-1-3-5-6;/h1-5H,7H2;. The molecule has 0 fully saturated rings. The third kappa shape index (κ3) is 2.55. The Morgan fingerprint density at radius 3 is 1.75 bits per heavy atom. The number of benzene rings is 1. The molecule has 38 valence electrons. The maximum Gasteiger partial charge on any atom is 0.0313 e. The van der Waals surface area contributed by atoms with Gasteiger partial charge in [0.15, 0.2) is 0 Å².